The summed E-state index contributed by atoms with van der Waals surface area (Å²) in [7, 11) is 8.35. The number of thiophene rings is 1. The van der Waals surface area contributed by atoms with Crippen LogP contribution in [0.5, 0.6) is 0 Å². The molecule has 0 spiro atoms. The number of fused-ring (bicyclic) bond motifs is 4. The van der Waals surface area contributed by atoms with E-state index in [2.05, 4.69) is 73.8 Å². The Kier molecular flexibility index (Phi) is 8.47. The van der Waals surface area contributed by atoms with E-state index in [4.69, 9.17) is 0 Å². The van der Waals surface area contributed by atoms with Crippen LogP contribution in [0, 0.1) is 5.92 Å². The molecule has 38 heavy (non-hydrogen) atoms. The molecule has 0 saturated carbocycles. The van der Waals surface area contributed by atoms with Crippen molar-refractivity contribution in [1.29, 1.82) is 0 Å². The van der Waals surface area contributed by atoms with Gasteiger partial charge < -0.3 is 20.0 Å². The molecule has 1 amide bonds. The zero-order valence-electron chi connectivity index (χ0n) is 22.6. The van der Waals surface area contributed by atoms with Gasteiger partial charge >= 0.3 is 0 Å². The smallest absolute Gasteiger partial charge is 0.226 e. The highest BCUT2D eigenvalue weighted by Gasteiger charge is 2.31. The van der Waals surface area contributed by atoms with Gasteiger partial charge in [0.15, 0.2) is 0 Å². The van der Waals surface area contributed by atoms with Crippen LogP contribution in [0.4, 0.5) is 11.5 Å². The molecule has 0 fully saturated rings. The summed E-state index contributed by atoms with van der Waals surface area (Å²) in [6.07, 6.45) is 6.13. The molecule has 0 radical (unpaired) electrons. The second kappa shape index (κ2) is 12.0. The molecule has 1 aliphatic carbocycles. The van der Waals surface area contributed by atoms with Gasteiger partial charge in [0.25, 0.3) is 0 Å². The van der Waals surface area contributed by atoms with E-state index in [0.717, 1.165) is 90.2 Å². The second-order valence-electron chi connectivity index (χ2n) is 10.6. The summed E-state index contributed by atoms with van der Waals surface area (Å²) in [6.45, 7) is 3.62. The molecule has 4 aromatic rings. The van der Waals surface area contributed by atoms with Gasteiger partial charge in [-0.25, -0.2) is 9.97 Å². The average Bonchev–Trinajstić information content (AvgIpc) is 3.51. The van der Waals surface area contributed by atoms with Gasteiger partial charge in [-0.3, -0.25) is 4.79 Å². The van der Waals surface area contributed by atoms with Crippen molar-refractivity contribution in [2.24, 2.45) is 5.92 Å². The molecule has 202 valence electrons. The van der Waals surface area contributed by atoms with Gasteiger partial charge in [0.1, 0.15) is 22.5 Å². The summed E-state index contributed by atoms with van der Waals surface area (Å²) in [4.78, 5) is 31.7. The zero-order chi connectivity index (χ0) is 26.6. The predicted molar refractivity (Wildman–Crippen MR) is 157 cm³/mol. The summed E-state index contributed by atoms with van der Waals surface area (Å²) in [5.41, 5.74) is 3.15. The quantitative estimate of drug-likeness (QED) is 0.295. The van der Waals surface area contributed by atoms with Gasteiger partial charge in [0.2, 0.25) is 5.91 Å². The number of aromatic nitrogens is 4. The highest BCUT2D eigenvalue weighted by molar-refractivity contribution is 7.19. The molecule has 1 aromatic carbocycles. The molecule has 3 heterocycles. The number of amides is 1. The molecule has 1 N–H and O–H groups in total. The van der Waals surface area contributed by atoms with E-state index in [9.17, 15) is 4.79 Å². The van der Waals surface area contributed by atoms with Gasteiger partial charge in [0, 0.05) is 29.6 Å². The van der Waals surface area contributed by atoms with Crippen LogP contribution in [0.1, 0.15) is 29.7 Å². The lowest BCUT2D eigenvalue weighted by atomic mass is 9.86. The van der Waals surface area contributed by atoms with E-state index >= 15 is 0 Å². The van der Waals surface area contributed by atoms with Crippen LogP contribution < -0.4 is 5.32 Å². The molecule has 9 nitrogen and oxygen atoms in total. The fourth-order valence-electron chi connectivity index (χ4n) is 5.15. The third kappa shape index (κ3) is 6.12. The molecule has 1 aliphatic rings. The highest BCUT2D eigenvalue weighted by Crippen LogP contribution is 2.41. The molecule has 0 aliphatic heterocycles. The predicted octanol–water partition coefficient (Wildman–Crippen LogP) is 4.28. The minimum absolute atomic E-state index is 0.0277. The normalized spacial score (nSPS) is 15.5. The molecule has 3 aromatic heterocycles. The number of carbonyl (C=O) groups is 1. The van der Waals surface area contributed by atoms with Crippen LogP contribution in [-0.2, 0) is 17.6 Å². The van der Waals surface area contributed by atoms with E-state index in [1.807, 2.05) is 12.1 Å². The van der Waals surface area contributed by atoms with Crippen molar-refractivity contribution in [2.45, 2.75) is 32.1 Å². The van der Waals surface area contributed by atoms with Gasteiger partial charge in [-0.05, 0) is 109 Å². The fourth-order valence-corrected chi connectivity index (χ4v) is 7.02. The van der Waals surface area contributed by atoms with Crippen LogP contribution in [0.15, 0.2) is 24.5 Å². The van der Waals surface area contributed by atoms with Crippen LogP contribution in [-0.4, -0.2) is 94.5 Å². The molecular formula is C27H36N8OS2. The Hall–Kier alpha value is -2.73. The van der Waals surface area contributed by atoms with Crippen molar-refractivity contribution in [3.05, 3.63) is 35.0 Å². The zero-order valence-corrected chi connectivity index (χ0v) is 24.2. The SMILES string of the molecule is CN(C)CCCN(CCCN(C)C)C(=O)[C@H]1CCc2c(sc3ncnc(Nc4ccc5nnsc5c4)c23)C1. The Bertz CT molecular complexity index is 1380. The number of anilines is 2. The van der Waals surface area contributed by atoms with Crippen LogP contribution in [0.3, 0.4) is 0 Å². The average molecular weight is 553 g/mol. The van der Waals surface area contributed by atoms with Crippen molar-refractivity contribution < 1.29 is 4.79 Å². The number of nitrogens with one attached hydrogen (secondary N) is 1. The largest absolute Gasteiger partial charge is 0.342 e. The standard InChI is InChI=1S/C27H36N8OS2/c1-33(2)11-5-13-35(14-6-12-34(3)4)27(36)18-7-9-20-22(15-18)37-26-24(20)25(28-17-29-26)30-19-8-10-21-23(16-19)38-32-31-21/h8,10,16-18H,5-7,9,11-15H2,1-4H3,(H,28,29,30)/t18-/m0/s1. The Labute approximate surface area is 232 Å². The van der Waals surface area contributed by atoms with Gasteiger partial charge in [-0.1, -0.05) is 4.49 Å². The molecule has 1 atom stereocenters. The third-order valence-corrected chi connectivity index (χ3v) is 8.93. The Morgan fingerprint density at radius 2 is 1.82 bits per heavy atom. The number of hydrogen-bond acceptors (Lipinski definition) is 10. The van der Waals surface area contributed by atoms with Crippen molar-refractivity contribution in [2.75, 3.05) is 59.7 Å². The highest BCUT2D eigenvalue weighted by atomic mass is 32.1. The van der Waals surface area contributed by atoms with Crippen LogP contribution in [0.25, 0.3) is 20.4 Å². The molecule has 5 rings (SSSR count). The van der Waals surface area contributed by atoms with E-state index in [1.165, 1.54) is 22.0 Å². The lowest BCUT2D eigenvalue weighted by Crippen LogP contribution is -2.40. The first-order valence-electron chi connectivity index (χ1n) is 13.2. The number of carbonyl (C=O) groups excluding carboxylic acids is 1. The lowest BCUT2D eigenvalue weighted by Gasteiger charge is -2.30. The summed E-state index contributed by atoms with van der Waals surface area (Å²) in [5.74, 6) is 1.16. The van der Waals surface area contributed by atoms with Crippen molar-refractivity contribution in [1.82, 2.24) is 34.3 Å². The molecule has 0 saturated heterocycles. The number of rotatable bonds is 11. The Morgan fingerprint density at radius 1 is 1.05 bits per heavy atom. The number of hydrogen-bond donors (Lipinski definition) is 1. The first-order chi connectivity index (χ1) is 18.4. The number of nitrogens with zero attached hydrogens (tertiary/aromatic N) is 7. The first-order valence-corrected chi connectivity index (χ1v) is 14.8. The van der Waals surface area contributed by atoms with Crippen LogP contribution >= 0.6 is 22.9 Å². The molecule has 0 bridgehead atoms. The van der Waals surface area contributed by atoms with E-state index in [0.29, 0.717) is 5.91 Å². The minimum atomic E-state index is 0.0277. The summed E-state index contributed by atoms with van der Waals surface area (Å²) < 4.78 is 5.07. The Balaban J connectivity index is 1.33. The van der Waals surface area contributed by atoms with Crippen molar-refractivity contribution in [3.8, 4) is 0 Å². The number of benzene rings is 1. The maximum absolute atomic E-state index is 13.7. The first kappa shape index (κ1) is 26.9. The van der Waals surface area contributed by atoms with Gasteiger partial charge in [0.05, 0.1) is 10.1 Å². The fraction of sp³-hybridized carbons (Fsp3) is 0.519. The van der Waals surface area contributed by atoms with Crippen molar-refractivity contribution >= 4 is 60.7 Å². The topological polar surface area (TPSA) is 90.4 Å². The number of aryl methyl sites for hydroxylation is 1. The molecular weight excluding hydrogens is 516 g/mol. The summed E-state index contributed by atoms with van der Waals surface area (Å²) >= 11 is 3.10. The van der Waals surface area contributed by atoms with E-state index in [-0.39, 0.29) is 5.92 Å². The van der Waals surface area contributed by atoms with Gasteiger partial charge in [-0.2, -0.15) is 0 Å². The molecule has 11 heteroatoms. The summed E-state index contributed by atoms with van der Waals surface area (Å²) in [6, 6.07) is 6.04. The van der Waals surface area contributed by atoms with Gasteiger partial charge in [-0.15, -0.1) is 16.4 Å². The lowest BCUT2D eigenvalue weighted by molar-refractivity contribution is -0.136. The Morgan fingerprint density at radius 3 is 2.55 bits per heavy atom. The maximum Gasteiger partial charge on any atom is 0.226 e. The van der Waals surface area contributed by atoms with E-state index in [1.54, 1.807) is 17.7 Å². The monoisotopic (exact) mass is 552 g/mol. The molecule has 0 unspecified atom stereocenters. The summed E-state index contributed by atoms with van der Waals surface area (Å²) in [5, 5.41) is 8.73. The maximum atomic E-state index is 13.7. The van der Waals surface area contributed by atoms with E-state index < -0.39 is 0 Å². The van der Waals surface area contributed by atoms with Crippen molar-refractivity contribution in [3.63, 3.8) is 0 Å². The second-order valence-corrected chi connectivity index (χ2v) is 12.4. The minimum Gasteiger partial charge on any atom is -0.342 e. The third-order valence-electron chi connectivity index (χ3n) is 7.08. The van der Waals surface area contributed by atoms with Crippen LogP contribution in [0.2, 0.25) is 0 Å².